The number of carbonyl (C=O) groups excluding carboxylic acids is 3. The summed E-state index contributed by atoms with van der Waals surface area (Å²) in [6.07, 6.45) is 0.992. The second kappa shape index (κ2) is 15.4. The average molecular weight is 494 g/mol. The zero-order valence-corrected chi connectivity index (χ0v) is 19.7. The average Bonchev–Trinajstić information content (AvgIpc) is 2.81. The highest BCUT2D eigenvalue weighted by Crippen LogP contribution is 2.06. The Morgan fingerprint density at radius 1 is 0.857 bits per heavy atom. The lowest BCUT2D eigenvalue weighted by molar-refractivity contribution is -0.142. The molecule has 194 valence electrons. The number of amides is 3. The van der Waals surface area contributed by atoms with Gasteiger partial charge in [0.1, 0.15) is 18.1 Å². The molecule has 1 aromatic rings. The number of hydrogen-bond acceptors (Lipinski definition) is 7. The maximum absolute atomic E-state index is 12.8. The Morgan fingerprint density at radius 3 is 2.06 bits per heavy atom. The standard InChI is InChI=1S/C23H35N5O7/c1-14(20(31)28-18(23(34)35)13-15-7-3-2-4-8-15)26-22(33)17(9-5-6-12-24)27-21(32)16(25)10-11-19(29)30/h2-4,7-8,14,16-18H,5-6,9-13,24-25H2,1H3,(H,26,33)(H,27,32)(H,28,31)(H,29,30)(H,34,35). The van der Waals surface area contributed by atoms with Crippen molar-refractivity contribution in [3.8, 4) is 0 Å². The van der Waals surface area contributed by atoms with E-state index >= 15 is 0 Å². The molecule has 12 heteroatoms. The van der Waals surface area contributed by atoms with Gasteiger partial charge in [0.25, 0.3) is 0 Å². The lowest BCUT2D eigenvalue weighted by Gasteiger charge is -2.23. The summed E-state index contributed by atoms with van der Waals surface area (Å²) in [5.74, 6) is -4.37. The molecule has 9 N–H and O–H groups in total. The van der Waals surface area contributed by atoms with E-state index < -0.39 is 53.8 Å². The molecule has 0 aliphatic carbocycles. The smallest absolute Gasteiger partial charge is 0.326 e. The maximum atomic E-state index is 12.8. The van der Waals surface area contributed by atoms with E-state index in [2.05, 4.69) is 16.0 Å². The van der Waals surface area contributed by atoms with Crippen molar-refractivity contribution in [2.24, 2.45) is 11.5 Å². The van der Waals surface area contributed by atoms with Gasteiger partial charge >= 0.3 is 11.9 Å². The third-order valence-electron chi connectivity index (χ3n) is 5.24. The minimum absolute atomic E-state index is 0.0641. The normalized spacial score (nSPS) is 14.1. The number of carboxylic acid groups (broad SMARTS) is 2. The fourth-order valence-corrected chi connectivity index (χ4v) is 3.18. The van der Waals surface area contributed by atoms with Crippen LogP contribution < -0.4 is 27.4 Å². The number of nitrogens with two attached hydrogens (primary N) is 2. The highest BCUT2D eigenvalue weighted by molar-refractivity contribution is 5.94. The van der Waals surface area contributed by atoms with Gasteiger partial charge in [0, 0.05) is 12.8 Å². The maximum Gasteiger partial charge on any atom is 0.326 e. The fraction of sp³-hybridized carbons (Fsp3) is 0.522. The summed E-state index contributed by atoms with van der Waals surface area (Å²) >= 11 is 0. The predicted molar refractivity (Wildman–Crippen MR) is 127 cm³/mol. The first-order valence-corrected chi connectivity index (χ1v) is 11.4. The molecule has 4 atom stereocenters. The van der Waals surface area contributed by atoms with Gasteiger partial charge in [0.05, 0.1) is 6.04 Å². The van der Waals surface area contributed by atoms with Gasteiger partial charge in [-0.15, -0.1) is 0 Å². The quantitative estimate of drug-likeness (QED) is 0.142. The Hall–Kier alpha value is -3.51. The zero-order chi connectivity index (χ0) is 26.4. The molecule has 0 bridgehead atoms. The molecule has 0 aliphatic heterocycles. The van der Waals surface area contributed by atoms with Crippen LogP contribution in [-0.4, -0.2) is 70.6 Å². The van der Waals surface area contributed by atoms with Gasteiger partial charge in [-0.25, -0.2) is 4.79 Å². The van der Waals surface area contributed by atoms with E-state index in [-0.39, 0.29) is 25.7 Å². The Kier molecular flexibility index (Phi) is 13.0. The van der Waals surface area contributed by atoms with E-state index in [1.807, 2.05) is 0 Å². The molecule has 0 fully saturated rings. The predicted octanol–water partition coefficient (Wildman–Crippen LogP) is -0.891. The molecule has 0 heterocycles. The molecule has 4 unspecified atom stereocenters. The molecule has 12 nitrogen and oxygen atoms in total. The number of unbranched alkanes of at least 4 members (excludes halogenated alkanes) is 1. The Balaban J connectivity index is 2.76. The van der Waals surface area contributed by atoms with Gasteiger partial charge in [-0.05, 0) is 44.7 Å². The van der Waals surface area contributed by atoms with E-state index in [1.165, 1.54) is 6.92 Å². The van der Waals surface area contributed by atoms with Crippen LogP contribution in [0.4, 0.5) is 0 Å². The number of carboxylic acids is 2. The topological polar surface area (TPSA) is 214 Å². The lowest BCUT2D eigenvalue weighted by atomic mass is 10.1. The third-order valence-corrected chi connectivity index (χ3v) is 5.24. The van der Waals surface area contributed by atoms with E-state index in [0.29, 0.717) is 19.4 Å². The summed E-state index contributed by atoms with van der Waals surface area (Å²) in [5.41, 5.74) is 11.9. The second-order valence-corrected chi connectivity index (χ2v) is 8.20. The van der Waals surface area contributed by atoms with Gasteiger partial charge < -0.3 is 37.6 Å². The Labute approximate surface area is 203 Å². The molecule has 0 radical (unpaired) electrons. The minimum Gasteiger partial charge on any atom is -0.481 e. The number of rotatable bonds is 16. The van der Waals surface area contributed by atoms with Crippen molar-refractivity contribution in [3.63, 3.8) is 0 Å². The number of benzene rings is 1. The van der Waals surface area contributed by atoms with E-state index in [9.17, 15) is 29.1 Å². The van der Waals surface area contributed by atoms with Crippen LogP contribution in [0.25, 0.3) is 0 Å². The van der Waals surface area contributed by atoms with Crippen LogP contribution in [0.15, 0.2) is 30.3 Å². The van der Waals surface area contributed by atoms with Gasteiger partial charge in [0.15, 0.2) is 0 Å². The van der Waals surface area contributed by atoms with Crippen LogP contribution >= 0.6 is 0 Å². The van der Waals surface area contributed by atoms with Crippen LogP contribution in [0.5, 0.6) is 0 Å². The van der Waals surface area contributed by atoms with E-state index in [1.54, 1.807) is 30.3 Å². The molecule has 0 saturated heterocycles. The van der Waals surface area contributed by atoms with Gasteiger partial charge in [0.2, 0.25) is 17.7 Å². The summed E-state index contributed by atoms with van der Waals surface area (Å²) in [4.78, 5) is 60.0. The molecule has 1 aromatic carbocycles. The van der Waals surface area contributed by atoms with E-state index in [4.69, 9.17) is 16.6 Å². The first-order valence-electron chi connectivity index (χ1n) is 11.4. The molecule has 0 spiro atoms. The van der Waals surface area contributed by atoms with E-state index in [0.717, 1.165) is 5.56 Å². The molecule has 0 aliphatic rings. The number of nitrogens with one attached hydrogen (secondary N) is 3. The van der Waals surface area contributed by atoms with Crippen LogP contribution in [-0.2, 0) is 30.4 Å². The molecule has 0 aromatic heterocycles. The van der Waals surface area contributed by atoms with Crippen molar-refractivity contribution in [2.45, 2.75) is 69.6 Å². The molecule has 35 heavy (non-hydrogen) atoms. The SMILES string of the molecule is CC(NC(=O)C(CCCCN)NC(=O)C(N)CCC(=O)O)C(=O)NC(Cc1ccccc1)C(=O)O. The van der Waals surface area contributed by atoms with Crippen molar-refractivity contribution in [2.75, 3.05) is 6.54 Å². The number of hydrogen-bond donors (Lipinski definition) is 7. The monoisotopic (exact) mass is 493 g/mol. The Bertz CT molecular complexity index is 865. The van der Waals surface area contributed by atoms with Crippen molar-refractivity contribution in [1.29, 1.82) is 0 Å². The van der Waals surface area contributed by atoms with Gasteiger partial charge in [-0.2, -0.15) is 0 Å². The summed E-state index contributed by atoms with van der Waals surface area (Å²) < 4.78 is 0. The van der Waals surface area contributed by atoms with Crippen LogP contribution in [0, 0.1) is 0 Å². The first-order chi connectivity index (χ1) is 16.5. The molecular weight excluding hydrogens is 458 g/mol. The summed E-state index contributed by atoms with van der Waals surface area (Å²) in [5, 5.41) is 25.6. The van der Waals surface area contributed by atoms with Crippen molar-refractivity contribution in [3.05, 3.63) is 35.9 Å². The summed E-state index contributed by atoms with van der Waals surface area (Å²) in [6, 6.07) is 4.34. The third kappa shape index (κ3) is 11.5. The summed E-state index contributed by atoms with van der Waals surface area (Å²) in [6.45, 7) is 1.78. The number of aliphatic carboxylic acids is 2. The lowest BCUT2D eigenvalue weighted by Crippen LogP contribution is -2.56. The van der Waals surface area contributed by atoms with Crippen molar-refractivity contribution in [1.82, 2.24) is 16.0 Å². The summed E-state index contributed by atoms with van der Waals surface area (Å²) in [7, 11) is 0. The first kappa shape index (κ1) is 29.5. The fourth-order valence-electron chi connectivity index (χ4n) is 3.18. The molecule has 1 rings (SSSR count). The largest absolute Gasteiger partial charge is 0.481 e. The van der Waals surface area contributed by atoms with Crippen LogP contribution in [0.1, 0.15) is 44.6 Å². The highest BCUT2D eigenvalue weighted by Gasteiger charge is 2.28. The molecular formula is C23H35N5O7. The molecule has 3 amide bonds. The van der Waals surface area contributed by atoms with Crippen molar-refractivity contribution >= 4 is 29.7 Å². The van der Waals surface area contributed by atoms with Gasteiger partial charge in [-0.3, -0.25) is 19.2 Å². The number of carbonyl (C=O) groups is 5. The van der Waals surface area contributed by atoms with Crippen molar-refractivity contribution < 1.29 is 34.2 Å². The van der Waals surface area contributed by atoms with Gasteiger partial charge in [-0.1, -0.05) is 30.3 Å². The molecule has 0 saturated carbocycles. The van der Waals surface area contributed by atoms with Crippen LogP contribution in [0.2, 0.25) is 0 Å². The Morgan fingerprint density at radius 2 is 1.49 bits per heavy atom. The zero-order valence-electron chi connectivity index (χ0n) is 19.7. The highest BCUT2D eigenvalue weighted by atomic mass is 16.4. The minimum atomic E-state index is -1.22. The second-order valence-electron chi connectivity index (χ2n) is 8.20. The van der Waals surface area contributed by atoms with Crippen LogP contribution in [0.3, 0.4) is 0 Å².